The van der Waals surface area contributed by atoms with Gasteiger partial charge in [-0.15, -0.1) is 10.2 Å². The van der Waals surface area contributed by atoms with E-state index < -0.39 is 0 Å². The predicted molar refractivity (Wildman–Crippen MR) is 87.0 cm³/mol. The standard InChI is InChI=1S/C15H18N4OS/c1-10(2)8-14-18-19-15(21-14)17-13(20)7-6-11-4-3-5-12(16)9-11/h3-7,9-10H,8,16H2,1-2H3,(H,17,19,20)/b7-6+. The van der Waals surface area contributed by atoms with E-state index in [9.17, 15) is 4.79 Å². The normalized spacial score (nSPS) is 11.2. The summed E-state index contributed by atoms with van der Waals surface area (Å²) in [5, 5.41) is 12.2. The van der Waals surface area contributed by atoms with Crippen molar-refractivity contribution in [1.82, 2.24) is 10.2 Å². The summed E-state index contributed by atoms with van der Waals surface area (Å²) in [6, 6.07) is 7.33. The highest BCUT2D eigenvalue weighted by Crippen LogP contribution is 2.18. The number of hydrogen-bond acceptors (Lipinski definition) is 5. The van der Waals surface area contributed by atoms with E-state index in [0.29, 0.717) is 16.7 Å². The van der Waals surface area contributed by atoms with Crippen molar-refractivity contribution in [2.45, 2.75) is 20.3 Å². The van der Waals surface area contributed by atoms with Crippen LogP contribution in [0.25, 0.3) is 6.08 Å². The van der Waals surface area contributed by atoms with Crippen LogP contribution < -0.4 is 11.1 Å². The number of nitrogens with zero attached hydrogens (tertiary/aromatic N) is 2. The lowest BCUT2D eigenvalue weighted by molar-refractivity contribution is -0.111. The van der Waals surface area contributed by atoms with Gasteiger partial charge in [-0.25, -0.2) is 0 Å². The molecular weight excluding hydrogens is 284 g/mol. The Morgan fingerprint density at radius 1 is 1.43 bits per heavy atom. The van der Waals surface area contributed by atoms with Crippen LogP contribution in [-0.2, 0) is 11.2 Å². The maximum absolute atomic E-state index is 11.8. The quantitative estimate of drug-likeness (QED) is 0.657. The van der Waals surface area contributed by atoms with Gasteiger partial charge in [0, 0.05) is 18.2 Å². The molecule has 0 saturated heterocycles. The molecule has 0 aliphatic heterocycles. The Kier molecular flexibility index (Phi) is 5.05. The summed E-state index contributed by atoms with van der Waals surface area (Å²) in [7, 11) is 0. The first-order chi connectivity index (χ1) is 10.0. The molecule has 6 heteroatoms. The fraction of sp³-hybridized carbons (Fsp3) is 0.267. The van der Waals surface area contributed by atoms with Crippen LogP contribution in [0.2, 0.25) is 0 Å². The first-order valence-corrected chi connectivity index (χ1v) is 7.51. The molecule has 5 nitrogen and oxygen atoms in total. The number of nitrogens with two attached hydrogens (primary N) is 1. The number of nitrogens with one attached hydrogen (secondary N) is 1. The molecule has 0 bridgehead atoms. The fourth-order valence-corrected chi connectivity index (χ4v) is 2.67. The lowest BCUT2D eigenvalue weighted by Crippen LogP contribution is -2.07. The molecule has 0 saturated carbocycles. The molecule has 2 aromatic rings. The Hall–Kier alpha value is -2.21. The number of carbonyl (C=O) groups excluding carboxylic acids is 1. The molecule has 0 radical (unpaired) electrons. The van der Waals surface area contributed by atoms with E-state index in [-0.39, 0.29) is 5.91 Å². The zero-order valence-electron chi connectivity index (χ0n) is 12.0. The second-order valence-corrected chi connectivity index (χ2v) is 6.15. The Morgan fingerprint density at radius 3 is 2.95 bits per heavy atom. The number of nitrogen functional groups attached to an aromatic ring is 1. The van der Waals surface area contributed by atoms with E-state index in [4.69, 9.17) is 5.73 Å². The van der Waals surface area contributed by atoms with Gasteiger partial charge in [0.05, 0.1) is 0 Å². The molecule has 0 unspecified atom stereocenters. The Morgan fingerprint density at radius 2 is 2.24 bits per heavy atom. The van der Waals surface area contributed by atoms with E-state index in [1.54, 1.807) is 18.2 Å². The fourth-order valence-electron chi connectivity index (χ4n) is 1.72. The van der Waals surface area contributed by atoms with Gasteiger partial charge in [-0.2, -0.15) is 0 Å². The summed E-state index contributed by atoms with van der Waals surface area (Å²) in [5.41, 5.74) is 7.22. The molecule has 21 heavy (non-hydrogen) atoms. The number of rotatable bonds is 5. The van der Waals surface area contributed by atoms with Crippen molar-refractivity contribution in [3.8, 4) is 0 Å². The molecule has 0 aliphatic carbocycles. The van der Waals surface area contributed by atoms with Crippen LogP contribution in [0.15, 0.2) is 30.3 Å². The van der Waals surface area contributed by atoms with Gasteiger partial charge in [0.2, 0.25) is 11.0 Å². The molecular formula is C15H18N4OS. The van der Waals surface area contributed by atoms with Crippen molar-refractivity contribution in [2.75, 3.05) is 11.1 Å². The van der Waals surface area contributed by atoms with Gasteiger partial charge < -0.3 is 5.73 Å². The minimum atomic E-state index is -0.232. The first-order valence-electron chi connectivity index (χ1n) is 6.70. The number of hydrogen-bond donors (Lipinski definition) is 2. The zero-order valence-corrected chi connectivity index (χ0v) is 12.9. The van der Waals surface area contributed by atoms with Crippen LogP contribution in [-0.4, -0.2) is 16.1 Å². The summed E-state index contributed by atoms with van der Waals surface area (Å²) >= 11 is 1.41. The molecule has 1 aromatic heterocycles. The highest BCUT2D eigenvalue weighted by molar-refractivity contribution is 7.15. The van der Waals surface area contributed by atoms with E-state index in [1.165, 1.54) is 17.4 Å². The average Bonchev–Trinajstić information content (AvgIpc) is 2.83. The van der Waals surface area contributed by atoms with Crippen molar-refractivity contribution in [2.24, 2.45) is 5.92 Å². The van der Waals surface area contributed by atoms with Crippen molar-refractivity contribution in [1.29, 1.82) is 0 Å². The van der Waals surface area contributed by atoms with Crippen LogP contribution in [0.1, 0.15) is 24.4 Å². The number of carbonyl (C=O) groups is 1. The van der Waals surface area contributed by atoms with Crippen molar-refractivity contribution in [3.05, 3.63) is 40.9 Å². The monoisotopic (exact) mass is 302 g/mol. The van der Waals surface area contributed by atoms with Crippen LogP contribution in [0.5, 0.6) is 0 Å². The van der Waals surface area contributed by atoms with Gasteiger partial charge >= 0.3 is 0 Å². The number of anilines is 2. The third-order valence-electron chi connectivity index (χ3n) is 2.62. The molecule has 0 aliphatic rings. The van der Waals surface area contributed by atoms with Gasteiger partial charge in [0.15, 0.2) is 0 Å². The predicted octanol–water partition coefficient (Wildman–Crippen LogP) is 2.97. The largest absolute Gasteiger partial charge is 0.399 e. The molecule has 2 rings (SSSR count). The third kappa shape index (κ3) is 5.00. The summed E-state index contributed by atoms with van der Waals surface area (Å²) in [6.07, 6.45) is 4.03. The van der Waals surface area contributed by atoms with Crippen LogP contribution in [0.4, 0.5) is 10.8 Å². The van der Waals surface area contributed by atoms with Crippen molar-refractivity contribution >= 4 is 34.1 Å². The molecule has 1 aromatic carbocycles. The van der Waals surface area contributed by atoms with Crippen molar-refractivity contribution < 1.29 is 4.79 Å². The average molecular weight is 302 g/mol. The highest BCUT2D eigenvalue weighted by Gasteiger charge is 2.07. The molecule has 1 amide bonds. The number of aromatic nitrogens is 2. The third-order valence-corrected chi connectivity index (χ3v) is 3.48. The van der Waals surface area contributed by atoms with Gasteiger partial charge in [-0.3, -0.25) is 10.1 Å². The number of benzene rings is 1. The van der Waals surface area contributed by atoms with Gasteiger partial charge in [-0.1, -0.05) is 37.3 Å². The molecule has 0 spiro atoms. The summed E-state index contributed by atoms with van der Waals surface area (Å²) in [4.78, 5) is 11.8. The van der Waals surface area contributed by atoms with Crippen LogP contribution >= 0.6 is 11.3 Å². The summed E-state index contributed by atoms with van der Waals surface area (Å²) < 4.78 is 0. The van der Waals surface area contributed by atoms with Gasteiger partial charge in [0.1, 0.15) is 5.01 Å². The van der Waals surface area contributed by atoms with E-state index in [1.807, 2.05) is 12.1 Å². The topological polar surface area (TPSA) is 80.9 Å². The molecule has 0 atom stereocenters. The maximum Gasteiger partial charge on any atom is 0.250 e. The SMILES string of the molecule is CC(C)Cc1nnc(NC(=O)/C=C/c2cccc(N)c2)s1. The van der Waals surface area contributed by atoms with Crippen LogP contribution in [0, 0.1) is 5.92 Å². The van der Waals surface area contributed by atoms with Crippen LogP contribution in [0.3, 0.4) is 0 Å². The zero-order chi connectivity index (χ0) is 15.2. The number of amides is 1. The maximum atomic E-state index is 11.8. The van der Waals surface area contributed by atoms with Crippen molar-refractivity contribution in [3.63, 3.8) is 0 Å². The molecule has 0 fully saturated rings. The smallest absolute Gasteiger partial charge is 0.250 e. The van der Waals surface area contributed by atoms with Gasteiger partial charge in [0.25, 0.3) is 0 Å². The van der Waals surface area contributed by atoms with E-state index >= 15 is 0 Å². The first kappa shape index (κ1) is 15.2. The summed E-state index contributed by atoms with van der Waals surface area (Å²) in [6.45, 7) is 4.24. The van der Waals surface area contributed by atoms with E-state index in [0.717, 1.165) is 17.0 Å². The Balaban J connectivity index is 1.94. The molecule has 1 heterocycles. The minimum Gasteiger partial charge on any atom is -0.399 e. The highest BCUT2D eigenvalue weighted by atomic mass is 32.1. The summed E-state index contributed by atoms with van der Waals surface area (Å²) in [5.74, 6) is 0.287. The minimum absolute atomic E-state index is 0.232. The van der Waals surface area contributed by atoms with Gasteiger partial charge in [-0.05, 0) is 29.7 Å². The molecule has 110 valence electrons. The second-order valence-electron chi connectivity index (χ2n) is 5.09. The molecule has 3 N–H and O–H groups in total. The Bertz CT molecular complexity index is 649. The Labute approximate surface area is 127 Å². The van der Waals surface area contributed by atoms with E-state index in [2.05, 4.69) is 29.4 Å². The lowest BCUT2D eigenvalue weighted by atomic mass is 10.1. The lowest BCUT2D eigenvalue weighted by Gasteiger charge is -1.98. The second kappa shape index (κ2) is 6.99.